The summed E-state index contributed by atoms with van der Waals surface area (Å²) in [5.41, 5.74) is 8.29. The van der Waals surface area contributed by atoms with Crippen molar-refractivity contribution < 1.29 is 4.79 Å². The van der Waals surface area contributed by atoms with E-state index in [4.69, 9.17) is 5.73 Å². The zero-order valence-corrected chi connectivity index (χ0v) is 12.7. The van der Waals surface area contributed by atoms with Gasteiger partial charge in [-0.2, -0.15) is 0 Å². The van der Waals surface area contributed by atoms with Gasteiger partial charge in [0.1, 0.15) is 0 Å². The molecule has 0 radical (unpaired) electrons. The number of nitrogens with zero attached hydrogens (tertiary/aromatic N) is 2. The molecule has 0 saturated heterocycles. The first-order chi connectivity index (χ1) is 9.49. The van der Waals surface area contributed by atoms with E-state index >= 15 is 0 Å². The summed E-state index contributed by atoms with van der Waals surface area (Å²) in [4.78, 5) is 13.7. The van der Waals surface area contributed by atoms with E-state index < -0.39 is 0 Å². The van der Waals surface area contributed by atoms with E-state index in [2.05, 4.69) is 43.4 Å². The second kappa shape index (κ2) is 5.67. The summed E-state index contributed by atoms with van der Waals surface area (Å²) in [6.45, 7) is 8.61. The van der Waals surface area contributed by atoms with Crippen LogP contribution in [0.2, 0.25) is 0 Å². The SMILES string of the molecule is CCN(CC)C(C)c1cc2cc(C(N)=O)ccc2n1C. The molecule has 0 aliphatic carbocycles. The summed E-state index contributed by atoms with van der Waals surface area (Å²) in [7, 11) is 2.07. The monoisotopic (exact) mass is 273 g/mol. The fourth-order valence-corrected chi connectivity index (χ4v) is 2.88. The van der Waals surface area contributed by atoms with Gasteiger partial charge in [0.2, 0.25) is 5.91 Å². The third kappa shape index (κ3) is 2.43. The van der Waals surface area contributed by atoms with Crippen LogP contribution in [-0.4, -0.2) is 28.5 Å². The Balaban J connectivity index is 2.50. The van der Waals surface area contributed by atoms with Crippen LogP contribution in [0.15, 0.2) is 24.3 Å². The van der Waals surface area contributed by atoms with E-state index in [-0.39, 0.29) is 5.91 Å². The first-order valence-corrected chi connectivity index (χ1v) is 7.12. The molecule has 2 N–H and O–H groups in total. The fraction of sp³-hybridized carbons (Fsp3) is 0.438. The van der Waals surface area contributed by atoms with Gasteiger partial charge in [-0.3, -0.25) is 9.69 Å². The van der Waals surface area contributed by atoms with E-state index in [0.29, 0.717) is 11.6 Å². The summed E-state index contributed by atoms with van der Waals surface area (Å²) in [6.07, 6.45) is 0. The number of primary amides is 1. The molecule has 1 unspecified atom stereocenters. The average molecular weight is 273 g/mol. The Labute approximate surface area is 120 Å². The van der Waals surface area contributed by atoms with Crippen molar-refractivity contribution in [3.63, 3.8) is 0 Å². The van der Waals surface area contributed by atoms with E-state index in [1.54, 1.807) is 6.07 Å². The highest BCUT2D eigenvalue weighted by molar-refractivity contribution is 5.97. The van der Waals surface area contributed by atoms with Gasteiger partial charge in [0.05, 0.1) is 0 Å². The number of rotatable bonds is 5. The second-order valence-electron chi connectivity index (χ2n) is 5.16. The lowest BCUT2D eigenvalue weighted by molar-refractivity contribution is 0.100. The molecule has 1 aromatic carbocycles. The van der Waals surface area contributed by atoms with Gasteiger partial charge in [-0.15, -0.1) is 0 Å². The van der Waals surface area contributed by atoms with Crippen LogP contribution in [0, 0.1) is 0 Å². The highest BCUT2D eigenvalue weighted by Crippen LogP contribution is 2.27. The predicted octanol–water partition coefficient (Wildman–Crippen LogP) is 2.68. The Morgan fingerprint density at radius 3 is 2.50 bits per heavy atom. The maximum atomic E-state index is 11.3. The van der Waals surface area contributed by atoms with Gasteiger partial charge in [0.15, 0.2) is 0 Å². The van der Waals surface area contributed by atoms with Crippen molar-refractivity contribution in [3.05, 3.63) is 35.5 Å². The molecule has 1 atom stereocenters. The normalized spacial score (nSPS) is 13.1. The van der Waals surface area contributed by atoms with E-state index in [9.17, 15) is 4.79 Å². The lowest BCUT2D eigenvalue weighted by Gasteiger charge is -2.26. The maximum absolute atomic E-state index is 11.3. The average Bonchev–Trinajstić information content (AvgIpc) is 2.76. The number of fused-ring (bicyclic) bond motifs is 1. The molecular formula is C16H23N3O. The summed E-state index contributed by atoms with van der Waals surface area (Å²) in [5, 5.41) is 1.07. The molecule has 1 aromatic heterocycles. The fourth-order valence-electron chi connectivity index (χ4n) is 2.88. The molecular weight excluding hydrogens is 250 g/mol. The number of carbonyl (C=O) groups excluding carboxylic acids is 1. The van der Waals surface area contributed by atoms with Gasteiger partial charge in [0.25, 0.3) is 0 Å². The van der Waals surface area contributed by atoms with Gasteiger partial charge in [-0.25, -0.2) is 0 Å². The molecule has 0 aliphatic heterocycles. The standard InChI is InChI=1S/C16H23N3O/c1-5-19(6-2)11(3)15-10-13-9-12(16(17)20)7-8-14(13)18(15)4/h7-11H,5-6H2,1-4H3,(H2,17,20). The zero-order chi connectivity index (χ0) is 14.9. The second-order valence-corrected chi connectivity index (χ2v) is 5.16. The molecule has 4 heteroatoms. The molecule has 108 valence electrons. The number of carbonyl (C=O) groups is 1. The molecule has 0 spiro atoms. The smallest absolute Gasteiger partial charge is 0.248 e. The Morgan fingerprint density at radius 2 is 1.95 bits per heavy atom. The Bertz CT molecular complexity index is 626. The highest BCUT2D eigenvalue weighted by atomic mass is 16.1. The first-order valence-electron chi connectivity index (χ1n) is 7.12. The van der Waals surface area contributed by atoms with Gasteiger partial charge < -0.3 is 10.3 Å². The van der Waals surface area contributed by atoms with Gasteiger partial charge in [-0.05, 0) is 44.3 Å². The van der Waals surface area contributed by atoms with Crippen LogP contribution < -0.4 is 5.73 Å². The minimum absolute atomic E-state index is 0.347. The highest BCUT2D eigenvalue weighted by Gasteiger charge is 2.17. The van der Waals surface area contributed by atoms with Crippen molar-refractivity contribution in [2.75, 3.05) is 13.1 Å². The lowest BCUT2D eigenvalue weighted by atomic mass is 10.1. The van der Waals surface area contributed by atoms with Crippen LogP contribution in [-0.2, 0) is 7.05 Å². The van der Waals surface area contributed by atoms with Crippen molar-refractivity contribution in [2.24, 2.45) is 12.8 Å². The number of aromatic nitrogens is 1. The van der Waals surface area contributed by atoms with Crippen molar-refractivity contribution >= 4 is 16.8 Å². The van der Waals surface area contributed by atoms with Crippen molar-refractivity contribution in [1.29, 1.82) is 0 Å². The van der Waals surface area contributed by atoms with Crippen LogP contribution in [0.3, 0.4) is 0 Å². The summed E-state index contributed by atoms with van der Waals surface area (Å²) < 4.78 is 2.20. The third-order valence-corrected chi connectivity index (χ3v) is 4.15. The minimum Gasteiger partial charge on any atom is -0.366 e. The number of hydrogen-bond acceptors (Lipinski definition) is 2. The largest absolute Gasteiger partial charge is 0.366 e. The Morgan fingerprint density at radius 1 is 1.30 bits per heavy atom. The Kier molecular flexibility index (Phi) is 4.14. The summed E-state index contributed by atoms with van der Waals surface area (Å²) in [5.74, 6) is -0.380. The van der Waals surface area contributed by atoms with Crippen LogP contribution in [0.5, 0.6) is 0 Å². The number of amides is 1. The van der Waals surface area contributed by atoms with E-state index in [1.807, 2.05) is 12.1 Å². The van der Waals surface area contributed by atoms with Gasteiger partial charge in [-0.1, -0.05) is 13.8 Å². The number of aryl methyl sites for hydroxylation is 1. The molecule has 4 nitrogen and oxygen atoms in total. The third-order valence-electron chi connectivity index (χ3n) is 4.15. The molecule has 2 rings (SSSR count). The lowest BCUT2D eigenvalue weighted by Crippen LogP contribution is -2.27. The zero-order valence-electron chi connectivity index (χ0n) is 12.7. The number of benzene rings is 1. The van der Waals surface area contributed by atoms with E-state index in [0.717, 1.165) is 24.0 Å². The summed E-state index contributed by atoms with van der Waals surface area (Å²) >= 11 is 0. The number of nitrogens with two attached hydrogens (primary N) is 1. The van der Waals surface area contributed by atoms with Crippen molar-refractivity contribution in [2.45, 2.75) is 26.8 Å². The van der Waals surface area contributed by atoms with E-state index in [1.165, 1.54) is 5.69 Å². The topological polar surface area (TPSA) is 51.3 Å². The number of hydrogen-bond donors (Lipinski definition) is 1. The molecule has 0 fully saturated rings. The predicted molar refractivity (Wildman–Crippen MR) is 82.8 cm³/mol. The molecule has 0 aliphatic rings. The molecule has 0 bridgehead atoms. The first kappa shape index (κ1) is 14.6. The van der Waals surface area contributed by atoms with Crippen LogP contribution in [0.4, 0.5) is 0 Å². The molecule has 1 amide bonds. The van der Waals surface area contributed by atoms with Gasteiger partial charge >= 0.3 is 0 Å². The Hall–Kier alpha value is -1.81. The van der Waals surface area contributed by atoms with Gasteiger partial charge in [0, 0.05) is 35.2 Å². The molecule has 1 heterocycles. The van der Waals surface area contributed by atoms with Crippen LogP contribution >= 0.6 is 0 Å². The summed E-state index contributed by atoms with van der Waals surface area (Å²) in [6, 6.07) is 8.13. The van der Waals surface area contributed by atoms with Crippen LogP contribution in [0.1, 0.15) is 42.9 Å². The van der Waals surface area contributed by atoms with Crippen molar-refractivity contribution in [3.8, 4) is 0 Å². The minimum atomic E-state index is -0.380. The van der Waals surface area contributed by atoms with Crippen molar-refractivity contribution in [1.82, 2.24) is 9.47 Å². The van der Waals surface area contributed by atoms with Crippen LogP contribution in [0.25, 0.3) is 10.9 Å². The maximum Gasteiger partial charge on any atom is 0.248 e. The molecule has 2 aromatic rings. The quantitative estimate of drug-likeness (QED) is 0.910. The molecule has 20 heavy (non-hydrogen) atoms. The molecule has 0 saturated carbocycles.